The van der Waals surface area contributed by atoms with Crippen molar-refractivity contribution in [1.29, 1.82) is 0 Å². The first-order valence-corrected chi connectivity index (χ1v) is 23.4. The lowest BCUT2D eigenvalue weighted by atomic mass is 10.0. The molecule has 0 rings (SSSR count). The van der Waals surface area contributed by atoms with Gasteiger partial charge in [-0.05, 0) is 44.9 Å². The van der Waals surface area contributed by atoms with Gasteiger partial charge in [-0.25, -0.2) is 4.57 Å². The summed E-state index contributed by atoms with van der Waals surface area (Å²) < 4.78 is 23.5. The topological polar surface area (TPSA) is 105 Å². The van der Waals surface area contributed by atoms with Crippen LogP contribution in [0.4, 0.5) is 0 Å². The Balaban J connectivity index is 4.47. The minimum Gasteiger partial charge on any atom is -0.387 e. The van der Waals surface area contributed by atoms with E-state index in [1.54, 1.807) is 6.08 Å². The van der Waals surface area contributed by atoms with Gasteiger partial charge in [0.05, 0.1) is 39.9 Å². The van der Waals surface area contributed by atoms with Crippen LogP contribution in [-0.4, -0.2) is 73.4 Å². The van der Waals surface area contributed by atoms with Crippen LogP contribution >= 0.6 is 7.82 Å². The van der Waals surface area contributed by atoms with Gasteiger partial charge >= 0.3 is 7.82 Å². The predicted octanol–water partition coefficient (Wildman–Crippen LogP) is 11.9. The molecule has 0 aromatic carbocycles. The van der Waals surface area contributed by atoms with Gasteiger partial charge in [-0.1, -0.05) is 172 Å². The molecule has 312 valence electrons. The number of hydrogen-bond acceptors (Lipinski definition) is 5. The molecule has 0 bridgehead atoms. The first-order chi connectivity index (χ1) is 25.5. The number of aliphatic hydroxyl groups is 1. The Hall–Kier alpha value is -1.28. The molecule has 0 aliphatic heterocycles. The molecule has 0 saturated carbocycles. The number of nitrogens with one attached hydrogen (secondary N) is 1. The molecular formula is C44H86N2O6P+. The molecule has 0 aromatic heterocycles. The summed E-state index contributed by atoms with van der Waals surface area (Å²) in [5, 5.41) is 13.8. The molecule has 0 aliphatic rings. The largest absolute Gasteiger partial charge is 0.472 e. The standard InChI is InChI=1S/C44H85N2O6P/c1-6-8-10-12-14-16-18-20-22-23-24-25-27-29-31-33-35-37-43(47)42(41-52-53(49,50)51-40-39-46(3,4)5)45-44(48)38-36-34-32-30-28-26-21-19-17-15-13-11-9-7-2/h13,15,19,21,35,37,42-43,47H,6-12,14,16-18,20,22-34,36,38-41H2,1-5H3,(H-,45,48,49,50)/p+1/b15-13-,21-19-,37-35+. The van der Waals surface area contributed by atoms with E-state index in [0.29, 0.717) is 17.4 Å². The van der Waals surface area contributed by atoms with Crippen molar-refractivity contribution in [3.8, 4) is 0 Å². The van der Waals surface area contributed by atoms with E-state index in [4.69, 9.17) is 9.05 Å². The van der Waals surface area contributed by atoms with Crippen LogP contribution in [0.3, 0.4) is 0 Å². The maximum atomic E-state index is 12.8. The van der Waals surface area contributed by atoms with Crippen molar-refractivity contribution in [2.24, 2.45) is 0 Å². The number of carbonyl (C=O) groups is 1. The lowest BCUT2D eigenvalue weighted by Gasteiger charge is -2.25. The predicted molar refractivity (Wildman–Crippen MR) is 226 cm³/mol. The highest BCUT2D eigenvalue weighted by atomic mass is 31.2. The zero-order valence-electron chi connectivity index (χ0n) is 35.3. The van der Waals surface area contributed by atoms with E-state index in [1.807, 2.05) is 27.2 Å². The maximum absolute atomic E-state index is 12.8. The van der Waals surface area contributed by atoms with Crippen molar-refractivity contribution in [2.45, 2.75) is 199 Å². The van der Waals surface area contributed by atoms with Gasteiger partial charge in [0.25, 0.3) is 0 Å². The van der Waals surface area contributed by atoms with E-state index in [1.165, 1.54) is 103 Å². The normalized spacial score (nSPS) is 14.8. The SMILES string of the molecule is CCCC/C=C\C/C=C\CCCCCCCC(=O)NC(COP(=O)(O)OCC[N+](C)(C)C)C(O)/C=C/CCCCCCCCCCCCCCCCC. The number of rotatable bonds is 39. The van der Waals surface area contributed by atoms with Gasteiger partial charge in [-0.15, -0.1) is 0 Å². The summed E-state index contributed by atoms with van der Waals surface area (Å²) in [7, 11) is 1.56. The Kier molecular flexibility index (Phi) is 35.5. The fourth-order valence-corrected chi connectivity index (χ4v) is 6.79. The van der Waals surface area contributed by atoms with Crippen molar-refractivity contribution in [3.63, 3.8) is 0 Å². The number of likely N-dealkylation sites (N-methyl/N-ethyl adjacent to an activating group) is 1. The summed E-state index contributed by atoms with van der Waals surface area (Å²) in [5.74, 6) is -0.192. The van der Waals surface area contributed by atoms with Gasteiger partial charge in [0.1, 0.15) is 13.2 Å². The van der Waals surface area contributed by atoms with Crippen molar-refractivity contribution in [3.05, 3.63) is 36.5 Å². The van der Waals surface area contributed by atoms with E-state index in [2.05, 4.69) is 43.5 Å². The van der Waals surface area contributed by atoms with Gasteiger partial charge in [0, 0.05) is 6.42 Å². The fourth-order valence-electron chi connectivity index (χ4n) is 6.06. The van der Waals surface area contributed by atoms with Crippen LogP contribution in [-0.2, 0) is 18.4 Å². The van der Waals surface area contributed by atoms with Crippen LogP contribution in [0.2, 0.25) is 0 Å². The molecule has 0 saturated heterocycles. The van der Waals surface area contributed by atoms with Crippen molar-refractivity contribution < 1.29 is 32.9 Å². The summed E-state index contributed by atoms with van der Waals surface area (Å²) in [5.41, 5.74) is 0. The van der Waals surface area contributed by atoms with E-state index < -0.39 is 20.0 Å². The molecule has 0 spiro atoms. The molecule has 3 N–H and O–H groups in total. The first-order valence-electron chi connectivity index (χ1n) is 21.9. The summed E-state index contributed by atoms with van der Waals surface area (Å²) in [6.07, 6.45) is 43.5. The number of quaternary nitrogens is 1. The van der Waals surface area contributed by atoms with Crippen molar-refractivity contribution >= 4 is 13.7 Å². The monoisotopic (exact) mass is 770 g/mol. The van der Waals surface area contributed by atoms with Crippen LogP contribution in [0.15, 0.2) is 36.5 Å². The number of phosphoric ester groups is 1. The highest BCUT2D eigenvalue weighted by Crippen LogP contribution is 2.43. The van der Waals surface area contributed by atoms with Crippen LogP contribution in [0.5, 0.6) is 0 Å². The molecule has 0 aromatic rings. The van der Waals surface area contributed by atoms with Gasteiger partial charge in [-0.2, -0.15) is 0 Å². The lowest BCUT2D eigenvalue weighted by molar-refractivity contribution is -0.870. The van der Waals surface area contributed by atoms with Crippen LogP contribution in [0, 0.1) is 0 Å². The second kappa shape index (κ2) is 36.4. The smallest absolute Gasteiger partial charge is 0.387 e. The highest BCUT2D eigenvalue weighted by molar-refractivity contribution is 7.47. The van der Waals surface area contributed by atoms with Crippen molar-refractivity contribution in [1.82, 2.24) is 5.32 Å². The van der Waals surface area contributed by atoms with Gasteiger partial charge in [0.15, 0.2) is 0 Å². The second-order valence-corrected chi connectivity index (χ2v) is 17.5. The Morgan fingerprint density at radius 1 is 0.642 bits per heavy atom. The molecule has 0 heterocycles. The number of carbonyl (C=O) groups excluding carboxylic acids is 1. The second-order valence-electron chi connectivity index (χ2n) is 16.1. The highest BCUT2D eigenvalue weighted by Gasteiger charge is 2.27. The average Bonchev–Trinajstić information content (AvgIpc) is 3.10. The van der Waals surface area contributed by atoms with E-state index in [0.717, 1.165) is 64.2 Å². The molecule has 3 atom stereocenters. The Labute approximate surface area is 327 Å². The summed E-state index contributed by atoms with van der Waals surface area (Å²) in [6.45, 7) is 4.76. The summed E-state index contributed by atoms with van der Waals surface area (Å²) in [4.78, 5) is 23.1. The number of phosphoric acid groups is 1. The Bertz CT molecular complexity index is 964. The van der Waals surface area contributed by atoms with Gasteiger partial charge < -0.3 is 19.8 Å². The van der Waals surface area contributed by atoms with E-state index in [-0.39, 0.29) is 19.1 Å². The zero-order chi connectivity index (χ0) is 39.3. The Morgan fingerprint density at radius 2 is 1.09 bits per heavy atom. The number of nitrogens with zero attached hydrogens (tertiary/aromatic N) is 1. The van der Waals surface area contributed by atoms with Crippen LogP contribution < -0.4 is 5.32 Å². The molecule has 0 fully saturated rings. The number of hydrogen-bond donors (Lipinski definition) is 3. The van der Waals surface area contributed by atoms with Crippen LogP contribution in [0.1, 0.15) is 187 Å². The van der Waals surface area contributed by atoms with Gasteiger partial charge in [-0.3, -0.25) is 13.8 Å². The molecule has 1 amide bonds. The molecule has 0 aliphatic carbocycles. The molecule has 0 radical (unpaired) electrons. The minimum atomic E-state index is -4.34. The van der Waals surface area contributed by atoms with E-state index >= 15 is 0 Å². The third-order valence-electron chi connectivity index (χ3n) is 9.60. The zero-order valence-corrected chi connectivity index (χ0v) is 36.1. The molecular weight excluding hydrogens is 683 g/mol. The van der Waals surface area contributed by atoms with Crippen LogP contribution in [0.25, 0.3) is 0 Å². The molecule has 3 unspecified atom stereocenters. The molecule has 53 heavy (non-hydrogen) atoms. The third kappa shape index (κ3) is 38.8. The first kappa shape index (κ1) is 51.7. The van der Waals surface area contributed by atoms with Gasteiger partial charge in [0.2, 0.25) is 5.91 Å². The number of aliphatic hydroxyl groups excluding tert-OH is 1. The number of unbranched alkanes of at least 4 members (excludes halogenated alkanes) is 22. The fraction of sp³-hybridized carbons (Fsp3) is 0.841. The summed E-state index contributed by atoms with van der Waals surface area (Å²) >= 11 is 0. The quantitative estimate of drug-likeness (QED) is 0.0249. The average molecular weight is 770 g/mol. The minimum absolute atomic E-state index is 0.0583. The molecule has 9 heteroatoms. The van der Waals surface area contributed by atoms with E-state index in [9.17, 15) is 19.4 Å². The summed E-state index contributed by atoms with van der Waals surface area (Å²) in [6, 6.07) is -0.851. The number of allylic oxidation sites excluding steroid dienone is 5. The molecule has 8 nitrogen and oxygen atoms in total. The third-order valence-corrected chi connectivity index (χ3v) is 10.6. The van der Waals surface area contributed by atoms with Crippen molar-refractivity contribution in [2.75, 3.05) is 40.9 Å². The maximum Gasteiger partial charge on any atom is 0.472 e. The lowest BCUT2D eigenvalue weighted by Crippen LogP contribution is -2.45. The Morgan fingerprint density at radius 3 is 1.60 bits per heavy atom. The number of amides is 1.